The summed E-state index contributed by atoms with van der Waals surface area (Å²) in [4.78, 5) is 29.6. The van der Waals surface area contributed by atoms with Crippen molar-refractivity contribution in [2.24, 2.45) is 5.92 Å². The number of carbonyl (C=O) groups is 2. The van der Waals surface area contributed by atoms with Gasteiger partial charge in [0.05, 0.1) is 18.7 Å². The van der Waals surface area contributed by atoms with Gasteiger partial charge in [-0.05, 0) is 50.6 Å². The first-order chi connectivity index (χ1) is 13.0. The van der Waals surface area contributed by atoms with Crippen LogP contribution >= 0.6 is 11.6 Å². The Morgan fingerprint density at radius 2 is 2.11 bits per heavy atom. The molecule has 3 rings (SSSR count). The van der Waals surface area contributed by atoms with Crippen LogP contribution < -0.4 is 15.0 Å². The number of hydrogen-bond donors (Lipinski definition) is 1. The fraction of sp³-hybridized carbons (Fsp3) is 0.600. The van der Waals surface area contributed by atoms with E-state index in [1.807, 2.05) is 4.90 Å². The summed E-state index contributed by atoms with van der Waals surface area (Å²) in [6, 6.07) is 5.47. The number of amides is 2. The molecule has 0 spiro atoms. The number of rotatable bonds is 6. The summed E-state index contributed by atoms with van der Waals surface area (Å²) in [6.45, 7) is 5.08. The van der Waals surface area contributed by atoms with Gasteiger partial charge in [0.1, 0.15) is 5.75 Å². The van der Waals surface area contributed by atoms with Gasteiger partial charge in [0.2, 0.25) is 11.8 Å². The van der Waals surface area contributed by atoms with Crippen molar-refractivity contribution in [2.45, 2.75) is 38.6 Å². The molecule has 2 aliphatic heterocycles. The summed E-state index contributed by atoms with van der Waals surface area (Å²) in [7, 11) is 1.57. The topological polar surface area (TPSA) is 61.9 Å². The first-order valence-corrected chi connectivity index (χ1v) is 10.1. The Labute approximate surface area is 165 Å². The van der Waals surface area contributed by atoms with Crippen LogP contribution in [-0.2, 0) is 9.59 Å². The lowest BCUT2D eigenvalue weighted by molar-refractivity contribution is -0.138. The predicted octanol–water partition coefficient (Wildman–Crippen LogP) is 2.69. The number of halogens is 1. The number of benzene rings is 1. The molecular formula is C20H28ClN3O3. The average Bonchev–Trinajstić information content (AvgIpc) is 3.08. The quantitative estimate of drug-likeness (QED) is 0.807. The standard InChI is InChI=1S/C20H28ClN3O3/c1-3-10-23(16-6-8-22-9-7-16)20(26)14-11-19(25)24(13-14)17-12-15(21)4-5-18(17)27-2/h4-5,12,14,16,22H,3,6-11,13H2,1-2H3. The molecular weight excluding hydrogens is 366 g/mol. The summed E-state index contributed by atoms with van der Waals surface area (Å²) < 4.78 is 5.38. The maximum absolute atomic E-state index is 13.2. The second-order valence-corrected chi connectivity index (χ2v) is 7.67. The molecule has 2 saturated heterocycles. The number of nitrogens with one attached hydrogen (secondary N) is 1. The molecule has 0 radical (unpaired) electrons. The first kappa shape index (κ1) is 20.0. The molecule has 0 aliphatic carbocycles. The number of nitrogens with zero attached hydrogens (tertiary/aromatic N) is 2. The van der Waals surface area contributed by atoms with Crippen LogP contribution in [0.3, 0.4) is 0 Å². The number of piperidine rings is 1. The fourth-order valence-electron chi connectivity index (χ4n) is 4.05. The number of ether oxygens (including phenoxy) is 1. The van der Waals surface area contributed by atoms with Crippen LogP contribution in [-0.4, -0.2) is 56.0 Å². The van der Waals surface area contributed by atoms with E-state index in [4.69, 9.17) is 16.3 Å². The summed E-state index contributed by atoms with van der Waals surface area (Å²) >= 11 is 6.12. The predicted molar refractivity (Wildman–Crippen MR) is 106 cm³/mol. The summed E-state index contributed by atoms with van der Waals surface area (Å²) in [5.74, 6) is 0.309. The van der Waals surface area contributed by atoms with Crippen LogP contribution in [0.5, 0.6) is 5.75 Å². The Morgan fingerprint density at radius 1 is 1.37 bits per heavy atom. The Bertz CT molecular complexity index is 691. The average molecular weight is 394 g/mol. The van der Waals surface area contributed by atoms with Crippen LogP contribution in [0.15, 0.2) is 18.2 Å². The zero-order valence-electron chi connectivity index (χ0n) is 16.0. The van der Waals surface area contributed by atoms with E-state index in [0.29, 0.717) is 23.0 Å². The molecule has 2 amide bonds. The van der Waals surface area contributed by atoms with E-state index in [-0.39, 0.29) is 30.2 Å². The molecule has 1 N–H and O–H groups in total. The van der Waals surface area contributed by atoms with Gasteiger partial charge in [0.25, 0.3) is 0 Å². The SMILES string of the molecule is CCCN(C(=O)C1CC(=O)N(c2cc(Cl)ccc2OC)C1)C1CCNCC1. The second kappa shape index (κ2) is 8.93. The lowest BCUT2D eigenvalue weighted by Crippen LogP contribution is -2.48. The summed E-state index contributed by atoms with van der Waals surface area (Å²) in [6.07, 6.45) is 3.10. The molecule has 0 bridgehead atoms. The highest BCUT2D eigenvalue weighted by Gasteiger charge is 2.39. The highest BCUT2D eigenvalue weighted by Crippen LogP contribution is 2.36. The molecule has 7 heteroatoms. The number of anilines is 1. The minimum absolute atomic E-state index is 0.0596. The van der Waals surface area contributed by atoms with Gasteiger partial charge in [0, 0.05) is 30.6 Å². The van der Waals surface area contributed by atoms with Crippen molar-refractivity contribution < 1.29 is 14.3 Å². The molecule has 2 aliphatic rings. The zero-order chi connectivity index (χ0) is 19.4. The van der Waals surface area contributed by atoms with Gasteiger partial charge in [0.15, 0.2) is 0 Å². The summed E-state index contributed by atoms with van der Waals surface area (Å²) in [5.41, 5.74) is 0.634. The third kappa shape index (κ3) is 4.38. The fourth-order valence-corrected chi connectivity index (χ4v) is 4.21. The van der Waals surface area contributed by atoms with Crippen molar-refractivity contribution in [2.75, 3.05) is 38.2 Å². The van der Waals surface area contributed by atoms with Gasteiger partial charge in [-0.15, -0.1) is 0 Å². The van der Waals surface area contributed by atoms with E-state index in [1.165, 1.54) is 0 Å². The van der Waals surface area contributed by atoms with Crippen molar-refractivity contribution in [3.8, 4) is 5.75 Å². The molecule has 0 saturated carbocycles. The normalized spacial score (nSPS) is 20.8. The molecule has 6 nitrogen and oxygen atoms in total. The number of methoxy groups -OCH3 is 1. The number of carbonyl (C=O) groups excluding carboxylic acids is 2. The van der Waals surface area contributed by atoms with Crippen LogP contribution in [0.2, 0.25) is 5.02 Å². The van der Waals surface area contributed by atoms with Crippen molar-refractivity contribution in [3.63, 3.8) is 0 Å². The maximum Gasteiger partial charge on any atom is 0.228 e. The van der Waals surface area contributed by atoms with E-state index >= 15 is 0 Å². The van der Waals surface area contributed by atoms with Gasteiger partial charge >= 0.3 is 0 Å². The third-order valence-corrected chi connectivity index (χ3v) is 5.64. The molecule has 2 heterocycles. The Hall–Kier alpha value is -1.79. The molecule has 1 aromatic carbocycles. The minimum Gasteiger partial charge on any atom is -0.495 e. The van der Waals surface area contributed by atoms with E-state index in [0.717, 1.165) is 38.9 Å². The monoisotopic (exact) mass is 393 g/mol. The van der Waals surface area contributed by atoms with Crippen molar-refractivity contribution >= 4 is 29.1 Å². The molecule has 27 heavy (non-hydrogen) atoms. The lowest BCUT2D eigenvalue weighted by atomic mass is 10.0. The smallest absolute Gasteiger partial charge is 0.228 e. The molecule has 148 valence electrons. The zero-order valence-corrected chi connectivity index (χ0v) is 16.8. The van der Waals surface area contributed by atoms with Gasteiger partial charge in [-0.3, -0.25) is 9.59 Å². The van der Waals surface area contributed by atoms with E-state index in [1.54, 1.807) is 30.2 Å². The van der Waals surface area contributed by atoms with Crippen LogP contribution in [0, 0.1) is 5.92 Å². The van der Waals surface area contributed by atoms with E-state index in [2.05, 4.69) is 12.2 Å². The van der Waals surface area contributed by atoms with Gasteiger partial charge in [-0.2, -0.15) is 0 Å². The molecule has 1 aromatic rings. The number of hydrogen-bond acceptors (Lipinski definition) is 4. The van der Waals surface area contributed by atoms with E-state index < -0.39 is 0 Å². The maximum atomic E-state index is 13.2. The lowest BCUT2D eigenvalue weighted by Gasteiger charge is -2.36. The molecule has 2 fully saturated rings. The van der Waals surface area contributed by atoms with Crippen LogP contribution in [0.1, 0.15) is 32.6 Å². The largest absolute Gasteiger partial charge is 0.495 e. The van der Waals surface area contributed by atoms with Crippen molar-refractivity contribution in [3.05, 3.63) is 23.2 Å². The highest BCUT2D eigenvalue weighted by molar-refractivity contribution is 6.31. The van der Waals surface area contributed by atoms with Crippen LogP contribution in [0.25, 0.3) is 0 Å². The van der Waals surface area contributed by atoms with Crippen LogP contribution in [0.4, 0.5) is 5.69 Å². The van der Waals surface area contributed by atoms with Crippen molar-refractivity contribution in [1.29, 1.82) is 0 Å². The Balaban J connectivity index is 1.77. The third-order valence-electron chi connectivity index (χ3n) is 5.40. The highest BCUT2D eigenvalue weighted by atomic mass is 35.5. The first-order valence-electron chi connectivity index (χ1n) is 9.70. The van der Waals surface area contributed by atoms with Gasteiger partial charge < -0.3 is 19.9 Å². The van der Waals surface area contributed by atoms with E-state index in [9.17, 15) is 9.59 Å². The minimum atomic E-state index is -0.317. The second-order valence-electron chi connectivity index (χ2n) is 7.23. The van der Waals surface area contributed by atoms with Gasteiger partial charge in [-0.25, -0.2) is 0 Å². The molecule has 0 aromatic heterocycles. The Kier molecular flexibility index (Phi) is 6.60. The Morgan fingerprint density at radius 3 is 2.78 bits per heavy atom. The summed E-state index contributed by atoms with van der Waals surface area (Å²) in [5, 5.41) is 3.88. The van der Waals surface area contributed by atoms with Gasteiger partial charge in [-0.1, -0.05) is 18.5 Å². The van der Waals surface area contributed by atoms with Crippen molar-refractivity contribution in [1.82, 2.24) is 10.2 Å². The molecule has 1 unspecified atom stereocenters. The molecule has 1 atom stereocenters.